The van der Waals surface area contributed by atoms with Crippen LogP contribution in [0.5, 0.6) is 5.75 Å². The van der Waals surface area contributed by atoms with Crippen molar-refractivity contribution in [2.24, 2.45) is 0 Å². The molecule has 2 unspecified atom stereocenters. The summed E-state index contributed by atoms with van der Waals surface area (Å²) in [4.78, 5) is 14.0. The highest BCUT2D eigenvalue weighted by Crippen LogP contribution is 2.40. The Kier molecular flexibility index (Phi) is 7.30. The second-order valence-corrected chi connectivity index (χ2v) is 8.22. The quantitative estimate of drug-likeness (QED) is 0.619. The Balaban J connectivity index is 1.86. The third kappa shape index (κ3) is 6.21. The van der Waals surface area contributed by atoms with Gasteiger partial charge in [0.2, 0.25) is 0 Å². The summed E-state index contributed by atoms with van der Waals surface area (Å²) in [7, 11) is 1.28. The zero-order valence-electron chi connectivity index (χ0n) is 18.4. The van der Waals surface area contributed by atoms with Crippen LogP contribution in [0.25, 0.3) is 0 Å². The van der Waals surface area contributed by atoms with Crippen LogP contribution >= 0.6 is 0 Å². The van der Waals surface area contributed by atoms with E-state index in [-0.39, 0.29) is 25.8 Å². The largest absolute Gasteiger partial charge is 0.487 e. The number of aliphatic hydroxyl groups is 1. The molecular formula is C23H25F4NO5. The van der Waals surface area contributed by atoms with E-state index in [1.165, 1.54) is 7.05 Å². The third-order valence-electron chi connectivity index (χ3n) is 5.08. The summed E-state index contributed by atoms with van der Waals surface area (Å²) < 4.78 is 71.4. The topological polar surface area (TPSA) is 68.2 Å². The van der Waals surface area contributed by atoms with Gasteiger partial charge in [-0.15, -0.1) is 0 Å². The smallest absolute Gasteiger partial charge is 0.420 e. The predicted molar refractivity (Wildman–Crippen MR) is 110 cm³/mol. The Morgan fingerprint density at radius 3 is 2.52 bits per heavy atom. The second-order valence-electron chi connectivity index (χ2n) is 8.22. The lowest BCUT2D eigenvalue weighted by molar-refractivity contribution is -0.151. The maximum absolute atomic E-state index is 14.1. The molecule has 1 heterocycles. The molecule has 6 nitrogen and oxygen atoms in total. The Hall–Kier alpha value is -2.69. The van der Waals surface area contributed by atoms with Crippen LogP contribution < -0.4 is 4.74 Å². The molecule has 33 heavy (non-hydrogen) atoms. The molecule has 2 aromatic rings. The predicted octanol–water partition coefficient (Wildman–Crippen LogP) is 4.01. The average molecular weight is 471 g/mol. The summed E-state index contributed by atoms with van der Waals surface area (Å²) in [5.41, 5.74) is -1.43. The zero-order chi connectivity index (χ0) is 24.4. The van der Waals surface area contributed by atoms with Crippen LogP contribution in [0.1, 0.15) is 35.3 Å². The third-order valence-corrected chi connectivity index (χ3v) is 5.08. The minimum absolute atomic E-state index is 0.0832. The second kappa shape index (κ2) is 9.66. The van der Waals surface area contributed by atoms with Crippen LogP contribution in [0.3, 0.4) is 0 Å². The maximum Gasteiger partial charge on any atom is 0.420 e. The van der Waals surface area contributed by atoms with Crippen LogP contribution in [0, 0.1) is 5.82 Å². The highest BCUT2D eigenvalue weighted by Gasteiger charge is 2.40. The van der Waals surface area contributed by atoms with E-state index < -0.39 is 52.8 Å². The molecule has 2 atom stereocenters. The van der Waals surface area contributed by atoms with Crippen molar-refractivity contribution in [1.29, 1.82) is 0 Å². The number of rotatable bonds is 7. The lowest BCUT2D eigenvalue weighted by Gasteiger charge is -2.26. The van der Waals surface area contributed by atoms with E-state index in [1.807, 2.05) is 0 Å². The molecule has 0 saturated carbocycles. The van der Waals surface area contributed by atoms with E-state index in [9.17, 15) is 27.5 Å². The molecule has 0 radical (unpaired) electrons. The fourth-order valence-corrected chi connectivity index (χ4v) is 3.44. The maximum atomic E-state index is 14.1. The van der Waals surface area contributed by atoms with Crippen LogP contribution in [-0.2, 0) is 22.3 Å². The Bertz CT molecular complexity index is 981. The van der Waals surface area contributed by atoms with Crippen molar-refractivity contribution >= 4 is 5.91 Å². The highest BCUT2D eigenvalue weighted by molar-refractivity contribution is 5.97. The van der Waals surface area contributed by atoms with E-state index in [1.54, 1.807) is 44.2 Å². The first kappa shape index (κ1) is 24.9. The van der Waals surface area contributed by atoms with Gasteiger partial charge in [0.25, 0.3) is 5.91 Å². The van der Waals surface area contributed by atoms with Gasteiger partial charge >= 0.3 is 6.18 Å². The van der Waals surface area contributed by atoms with Crippen molar-refractivity contribution in [2.45, 2.75) is 44.6 Å². The fraction of sp³-hybridized carbons (Fsp3) is 0.435. The zero-order valence-corrected chi connectivity index (χ0v) is 18.4. The lowest BCUT2D eigenvalue weighted by atomic mass is 10.1. The summed E-state index contributed by atoms with van der Waals surface area (Å²) in [6, 6.07) is 9.38. The van der Waals surface area contributed by atoms with E-state index in [2.05, 4.69) is 0 Å². The highest BCUT2D eigenvalue weighted by atomic mass is 19.4. The van der Waals surface area contributed by atoms with Crippen LogP contribution in [0.2, 0.25) is 0 Å². The Labute approximate surface area is 188 Å². The molecule has 2 aromatic carbocycles. The first-order valence-corrected chi connectivity index (χ1v) is 10.2. The van der Waals surface area contributed by atoms with Crippen molar-refractivity contribution in [1.82, 2.24) is 4.90 Å². The SMILES string of the molecule is CN(CC(O)C1COC(C)(C)O1)C(=O)c1cc(F)cc(C(F)(F)F)c1OCc1ccccc1. The number of ether oxygens (including phenoxy) is 3. The number of hydrogen-bond donors (Lipinski definition) is 1. The standard InChI is InChI=1S/C23H25F4NO5/c1-22(2)32-13-19(33-22)18(29)11-28(3)21(30)16-9-15(24)10-17(23(25,26)27)20(16)31-12-14-7-5-4-6-8-14/h4-10,18-19,29H,11-13H2,1-3H3. The molecule has 3 rings (SSSR count). The van der Waals surface area contributed by atoms with E-state index in [0.29, 0.717) is 11.6 Å². The number of nitrogens with zero attached hydrogens (tertiary/aromatic N) is 1. The number of halogens is 4. The van der Waals surface area contributed by atoms with Crippen molar-refractivity contribution in [3.8, 4) is 5.75 Å². The van der Waals surface area contributed by atoms with Gasteiger partial charge in [0.1, 0.15) is 35.9 Å². The molecule has 0 bridgehead atoms. The van der Waals surface area contributed by atoms with Crippen molar-refractivity contribution < 1.29 is 41.7 Å². The molecule has 0 aliphatic carbocycles. The van der Waals surface area contributed by atoms with Gasteiger partial charge in [-0.2, -0.15) is 13.2 Å². The van der Waals surface area contributed by atoms with Crippen LogP contribution in [0.15, 0.2) is 42.5 Å². The summed E-state index contributed by atoms with van der Waals surface area (Å²) in [5.74, 6) is -3.86. The van der Waals surface area contributed by atoms with Gasteiger partial charge in [-0.1, -0.05) is 30.3 Å². The van der Waals surface area contributed by atoms with E-state index in [4.69, 9.17) is 14.2 Å². The minimum Gasteiger partial charge on any atom is -0.487 e. The average Bonchev–Trinajstić information content (AvgIpc) is 3.11. The number of aliphatic hydroxyl groups excluding tert-OH is 1. The number of hydrogen-bond acceptors (Lipinski definition) is 5. The number of alkyl halides is 3. The molecule has 1 N–H and O–H groups in total. The lowest BCUT2D eigenvalue weighted by Crippen LogP contribution is -2.42. The number of carbonyl (C=O) groups excluding carboxylic acids is 1. The monoisotopic (exact) mass is 471 g/mol. The van der Waals surface area contributed by atoms with E-state index in [0.717, 1.165) is 4.90 Å². The van der Waals surface area contributed by atoms with Crippen molar-refractivity contribution in [3.05, 3.63) is 65.0 Å². The molecule has 1 fully saturated rings. The van der Waals surface area contributed by atoms with Crippen LogP contribution in [0.4, 0.5) is 17.6 Å². The van der Waals surface area contributed by atoms with Gasteiger partial charge in [-0.05, 0) is 31.5 Å². The minimum atomic E-state index is -4.96. The van der Waals surface area contributed by atoms with Gasteiger partial charge in [-0.3, -0.25) is 4.79 Å². The van der Waals surface area contributed by atoms with E-state index >= 15 is 0 Å². The number of amides is 1. The number of likely N-dealkylation sites (N-methyl/N-ethyl adjacent to an activating group) is 1. The van der Waals surface area contributed by atoms with Gasteiger partial charge in [-0.25, -0.2) is 4.39 Å². The fourth-order valence-electron chi connectivity index (χ4n) is 3.44. The normalized spacial score (nSPS) is 18.7. The summed E-state index contributed by atoms with van der Waals surface area (Å²) >= 11 is 0. The van der Waals surface area contributed by atoms with Gasteiger partial charge in [0.05, 0.1) is 12.2 Å². The van der Waals surface area contributed by atoms with Crippen LogP contribution in [-0.4, -0.2) is 54.1 Å². The molecule has 0 aromatic heterocycles. The van der Waals surface area contributed by atoms with Gasteiger partial charge in [0.15, 0.2) is 5.79 Å². The Morgan fingerprint density at radius 1 is 1.27 bits per heavy atom. The Morgan fingerprint density at radius 2 is 1.94 bits per heavy atom. The molecular weight excluding hydrogens is 446 g/mol. The van der Waals surface area contributed by atoms with Gasteiger partial charge < -0.3 is 24.2 Å². The molecule has 180 valence electrons. The molecule has 1 aliphatic rings. The first-order valence-electron chi connectivity index (χ1n) is 10.2. The molecule has 0 spiro atoms. The van der Waals surface area contributed by atoms with Crippen molar-refractivity contribution in [2.75, 3.05) is 20.2 Å². The first-order chi connectivity index (χ1) is 15.4. The van der Waals surface area contributed by atoms with Crippen molar-refractivity contribution in [3.63, 3.8) is 0 Å². The number of benzene rings is 2. The number of carbonyl (C=O) groups is 1. The summed E-state index contributed by atoms with van der Waals surface area (Å²) in [5, 5.41) is 10.4. The molecule has 10 heteroatoms. The summed E-state index contributed by atoms with van der Waals surface area (Å²) in [6.45, 7) is 2.87. The molecule has 1 amide bonds. The van der Waals surface area contributed by atoms with Gasteiger partial charge in [0, 0.05) is 13.6 Å². The molecule has 1 saturated heterocycles. The molecule has 1 aliphatic heterocycles. The summed E-state index contributed by atoms with van der Waals surface area (Å²) in [6.07, 6.45) is -6.87.